The SMILES string of the molecule is Cc1c(C(=O)Nc2cccc(Cl)c2Cl)oc2c1/C(=N/NC(=O)c1ccc(Cl)cc1Cl)CCC2. The van der Waals surface area contributed by atoms with E-state index in [0.29, 0.717) is 51.2 Å². The maximum absolute atomic E-state index is 12.9. The number of carbonyl (C=O) groups excluding carboxylic acids is 2. The molecule has 0 radical (unpaired) electrons. The molecule has 2 aromatic carbocycles. The highest BCUT2D eigenvalue weighted by Gasteiger charge is 2.28. The average Bonchev–Trinajstić information content (AvgIpc) is 3.12. The molecule has 0 spiro atoms. The molecule has 170 valence electrons. The first-order chi connectivity index (χ1) is 15.8. The molecule has 0 aliphatic heterocycles. The Morgan fingerprint density at radius 2 is 1.79 bits per heavy atom. The van der Waals surface area contributed by atoms with E-state index in [1.54, 1.807) is 31.2 Å². The van der Waals surface area contributed by atoms with E-state index in [2.05, 4.69) is 15.8 Å². The Labute approximate surface area is 209 Å². The van der Waals surface area contributed by atoms with E-state index in [1.165, 1.54) is 12.1 Å². The molecule has 1 aliphatic rings. The van der Waals surface area contributed by atoms with Crippen molar-refractivity contribution in [3.8, 4) is 0 Å². The van der Waals surface area contributed by atoms with Gasteiger partial charge < -0.3 is 9.73 Å². The number of benzene rings is 2. The number of halogens is 4. The van der Waals surface area contributed by atoms with Gasteiger partial charge in [0.15, 0.2) is 5.76 Å². The van der Waals surface area contributed by atoms with Crippen LogP contribution in [0.2, 0.25) is 20.1 Å². The zero-order valence-corrected chi connectivity index (χ0v) is 20.3. The van der Waals surface area contributed by atoms with Crippen molar-refractivity contribution in [3.63, 3.8) is 0 Å². The third-order valence-corrected chi connectivity index (χ3v) is 6.57. The number of amides is 2. The Morgan fingerprint density at radius 1 is 1.00 bits per heavy atom. The Balaban J connectivity index is 1.59. The topological polar surface area (TPSA) is 83.7 Å². The van der Waals surface area contributed by atoms with Crippen molar-refractivity contribution in [1.29, 1.82) is 0 Å². The highest BCUT2D eigenvalue weighted by atomic mass is 35.5. The number of hydrazone groups is 1. The molecule has 2 amide bonds. The molecular formula is C23H17Cl4N3O3. The Bertz CT molecular complexity index is 1300. The summed E-state index contributed by atoms with van der Waals surface area (Å²) in [6.07, 6.45) is 2.03. The largest absolute Gasteiger partial charge is 0.455 e. The number of hydrogen-bond donors (Lipinski definition) is 2. The number of aryl methyl sites for hydroxylation is 1. The first-order valence-corrected chi connectivity index (χ1v) is 11.5. The predicted molar refractivity (Wildman–Crippen MR) is 131 cm³/mol. The van der Waals surface area contributed by atoms with E-state index in [9.17, 15) is 9.59 Å². The Kier molecular flexibility index (Phi) is 7.00. The lowest BCUT2D eigenvalue weighted by Gasteiger charge is -2.13. The minimum Gasteiger partial charge on any atom is -0.455 e. The molecular weight excluding hydrogens is 508 g/mol. The third kappa shape index (κ3) is 4.89. The first-order valence-electron chi connectivity index (χ1n) is 9.96. The molecule has 33 heavy (non-hydrogen) atoms. The van der Waals surface area contributed by atoms with Gasteiger partial charge in [-0.2, -0.15) is 5.10 Å². The van der Waals surface area contributed by atoms with Gasteiger partial charge in [-0.15, -0.1) is 0 Å². The molecule has 1 aliphatic carbocycles. The second-order valence-electron chi connectivity index (χ2n) is 7.39. The van der Waals surface area contributed by atoms with Crippen LogP contribution in [-0.2, 0) is 6.42 Å². The molecule has 0 atom stereocenters. The number of furan rings is 1. The fraction of sp³-hybridized carbons (Fsp3) is 0.174. The summed E-state index contributed by atoms with van der Waals surface area (Å²) in [5.41, 5.74) is 5.13. The monoisotopic (exact) mass is 523 g/mol. The van der Waals surface area contributed by atoms with Gasteiger partial charge in [0.25, 0.3) is 11.8 Å². The van der Waals surface area contributed by atoms with Crippen molar-refractivity contribution in [1.82, 2.24) is 5.43 Å². The maximum atomic E-state index is 12.9. The summed E-state index contributed by atoms with van der Waals surface area (Å²) < 4.78 is 5.88. The molecule has 0 unspecified atom stereocenters. The molecule has 0 bridgehead atoms. The van der Waals surface area contributed by atoms with Crippen LogP contribution >= 0.6 is 46.4 Å². The van der Waals surface area contributed by atoms with Crippen LogP contribution in [0.25, 0.3) is 0 Å². The molecule has 4 rings (SSSR count). The summed E-state index contributed by atoms with van der Waals surface area (Å²) in [4.78, 5) is 25.4. The van der Waals surface area contributed by atoms with Crippen LogP contribution in [0.5, 0.6) is 0 Å². The fourth-order valence-electron chi connectivity index (χ4n) is 3.63. The van der Waals surface area contributed by atoms with Crippen LogP contribution in [0.15, 0.2) is 45.9 Å². The highest BCUT2D eigenvalue weighted by molar-refractivity contribution is 6.44. The van der Waals surface area contributed by atoms with Crippen molar-refractivity contribution in [2.75, 3.05) is 5.32 Å². The summed E-state index contributed by atoms with van der Waals surface area (Å²) in [6, 6.07) is 9.55. The number of nitrogens with zero attached hydrogens (tertiary/aromatic N) is 1. The van der Waals surface area contributed by atoms with Gasteiger partial charge in [-0.3, -0.25) is 9.59 Å². The zero-order chi connectivity index (χ0) is 23.7. The first kappa shape index (κ1) is 23.6. The molecule has 0 saturated heterocycles. The predicted octanol–water partition coefficient (Wildman–Crippen LogP) is 6.92. The van der Waals surface area contributed by atoms with Crippen LogP contribution in [0.3, 0.4) is 0 Å². The number of anilines is 1. The van der Waals surface area contributed by atoms with Crippen LogP contribution in [0.4, 0.5) is 5.69 Å². The van der Waals surface area contributed by atoms with E-state index >= 15 is 0 Å². The van der Waals surface area contributed by atoms with Gasteiger partial charge in [-0.25, -0.2) is 5.43 Å². The van der Waals surface area contributed by atoms with Gasteiger partial charge in [0.2, 0.25) is 0 Å². The molecule has 10 heteroatoms. The van der Waals surface area contributed by atoms with Crippen LogP contribution in [0.1, 0.15) is 50.6 Å². The van der Waals surface area contributed by atoms with E-state index < -0.39 is 11.8 Å². The lowest BCUT2D eigenvalue weighted by Crippen LogP contribution is -2.22. The van der Waals surface area contributed by atoms with Gasteiger partial charge in [0, 0.05) is 22.6 Å². The summed E-state index contributed by atoms with van der Waals surface area (Å²) >= 11 is 24.2. The van der Waals surface area contributed by atoms with Gasteiger partial charge in [0.1, 0.15) is 5.76 Å². The Morgan fingerprint density at radius 3 is 2.55 bits per heavy atom. The van der Waals surface area contributed by atoms with E-state index in [0.717, 1.165) is 6.42 Å². The molecule has 3 aromatic rings. The summed E-state index contributed by atoms with van der Waals surface area (Å²) in [5.74, 6) is -0.135. The van der Waals surface area contributed by atoms with Gasteiger partial charge >= 0.3 is 0 Å². The number of rotatable bonds is 4. The molecule has 1 heterocycles. The second-order valence-corrected chi connectivity index (χ2v) is 9.02. The van der Waals surface area contributed by atoms with Gasteiger partial charge in [0.05, 0.1) is 32.0 Å². The molecule has 6 nitrogen and oxygen atoms in total. The smallest absolute Gasteiger partial charge is 0.291 e. The minimum absolute atomic E-state index is 0.151. The summed E-state index contributed by atoms with van der Waals surface area (Å²) in [7, 11) is 0. The standard InChI is InChI=1S/C23H17Cl4N3O3/c1-11-19-16(29-30-22(31)13-9-8-12(24)10-15(13)26)5-3-7-18(19)33-21(11)23(32)28-17-6-2-4-14(25)20(17)27/h2,4,6,8-10H,3,5,7H2,1H3,(H,28,32)(H,30,31)/b29-16+. The Hall–Kier alpha value is -2.51. The molecule has 0 fully saturated rings. The van der Waals surface area contributed by atoms with Crippen molar-refractivity contribution in [2.24, 2.45) is 5.10 Å². The quantitative estimate of drug-likeness (QED) is 0.363. The van der Waals surface area contributed by atoms with Crippen molar-refractivity contribution >= 4 is 69.6 Å². The summed E-state index contributed by atoms with van der Waals surface area (Å²) in [6.45, 7) is 1.77. The third-order valence-electron chi connectivity index (χ3n) is 5.20. The molecule has 0 saturated carbocycles. The van der Waals surface area contributed by atoms with Crippen LogP contribution in [-0.4, -0.2) is 17.5 Å². The number of hydrogen-bond acceptors (Lipinski definition) is 4. The maximum Gasteiger partial charge on any atom is 0.291 e. The van der Waals surface area contributed by atoms with Crippen molar-refractivity contribution < 1.29 is 14.0 Å². The van der Waals surface area contributed by atoms with Crippen LogP contribution in [0, 0.1) is 6.92 Å². The van der Waals surface area contributed by atoms with E-state index in [4.69, 9.17) is 50.8 Å². The van der Waals surface area contributed by atoms with E-state index in [-0.39, 0.29) is 21.4 Å². The molecule has 2 N–H and O–H groups in total. The van der Waals surface area contributed by atoms with E-state index in [1.807, 2.05) is 0 Å². The fourth-order valence-corrected chi connectivity index (χ4v) is 4.47. The highest BCUT2D eigenvalue weighted by Crippen LogP contribution is 2.33. The average molecular weight is 525 g/mol. The zero-order valence-electron chi connectivity index (χ0n) is 17.3. The normalized spacial score (nSPS) is 14.2. The van der Waals surface area contributed by atoms with Gasteiger partial charge in [-0.1, -0.05) is 52.5 Å². The lowest BCUT2D eigenvalue weighted by atomic mass is 9.93. The number of carbonyl (C=O) groups is 2. The number of nitrogens with one attached hydrogen (secondary N) is 2. The second kappa shape index (κ2) is 9.77. The number of fused-ring (bicyclic) bond motifs is 1. The van der Waals surface area contributed by atoms with Crippen molar-refractivity contribution in [3.05, 3.63) is 84.7 Å². The molecule has 1 aromatic heterocycles. The van der Waals surface area contributed by atoms with Crippen LogP contribution < -0.4 is 10.7 Å². The summed E-state index contributed by atoms with van der Waals surface area (Å²) in [5, 5.41) is 8.26. The van der Waals surface area contributed by atoms with Crippen molar-refractivity contribution in [2.45, 2.75) is 26.2 Å². The minimum atomic E-state index is -0.467. The lowest BCUT2D eigenvalue weighted by molar-refractivity contribution is 0.0953. The van der Waals surface area contributed by atoms with Gasteiger partial charge in [-0.05, 0) is 50.1 Å².